The van der Waals surface area contributed by atoms with Crippen molar-refractivity contribution in [2.24, 2.45) is 0 Å². The highest BCUT2D eigenvalue weighted by atomic mass is 32.2. The highest BCUT2D eigenvalue weighted by Crippen LogP contribution is 2.12. The second-order valence-corrected chi connectivity index (χ2v) is 6.21. The molecule has 112 valence electrons. The van der Waals surface area contributed by atoms with Crippen molar-refractivity contribution < 1.29 is 17.6 Å². The van der Waals surface area contributed by atoms with Crippen LogP contribution in [0.15, 0.2) is 60.0 Å². The van der Waals surface area contributed by atoms with E-state index >= 15 is 0 Å². The summed E-state index contributed by atoms with van der Waals surface area (Å²) in [5, 5.41) is 0. The average molecular weight is 319 g/mol. The first-order chi connectivity index (χ1) is 10.5. The molecule has 0 saturated heterocycles. The van der Waals surface area contributed by atoms with Gasteiger partial charge in [0.05, 0.1) is 22.9 Å². The number of sulfonamides is 1. The Balaban J connectivity index is 1.87. The largest absolute Gasteiger partial charge is 0.306 e. The zero-order valence-electron chi connectivity index (χ0n) is 11.1. The van der Waals surface area contributed by atoms with E-state index in [1.165, 1.54) is 12.1 Å². The number of hydrogen-bond donors (Lipinski definition) is 1. The number of carbonyl (C=O) groups excluding carboxylic acids is 1. The number of imidazole rings is 1. The van der Waals surface area contributed by atoms with E-state index in [-0.39, 0.29) is 10.5 Å². The van der Waals surface area contributed by atoms with E-state index in [0.717, 1.165) is 24.3 Å². The Bertz CT molecular complexity index is 949. The molecule has 0 saturated carbocycles. The van der Waals surface area contributed by atoms with E-state index in [2.05, 4.69) is 4.98 Å². The molecule has 0 bridgehead atoms. The second kappa shape index (κ2) is 5.23. The molecule has 2 aromatic heterocycles. The van der Waals surface area contributed by atoms with Gasteiger partial charge in [0.1, 0.15) is 5.82 Å². The first kappa shape index (κ1) is 14.2. The first-order valence-electron chi connectivity index (χ1n) is 6.20. The van der Waals surface area contributed by atoms with Crippen LogP contribution in [0.4, 0.5) is 4.39 Å². The zero-order valence-corrected chi connectivity index (χ0v) is 11.9. The maximum absolute atomic E-state index is 12.8. The zero-order chi connectivity index (χ0) is 15.7. The van der Waals surface area contributed by atoms with Crippen molar-refractivity contribution in [2.75, 3.05) is 0 Å². The fourth-order valence-electron chi connectivity index (χ4n) is 1.91. The van der Waals surface area contributed by atoms with E-state index in [0.29, 0.717) is 5.52 Å². The number of nitrogens with zero attached hydrogens (tertiary/aromatic N) is 2. The van der Waals surface area contributed by atoms with Crippen LogP contribution in [-0.4, -0.2) is 23.7 Å². The van der Waals surface area contributed by atoms with Crippen LogP contribution in [0.1, 0.15) is 10.4 Å². The minimum absolute atomic E-state index is 0.179. The lowest BCUT2D eigenvalue weighted by molar-refractivity contribution is 0.0981. The Labute approximate surface area is 125 Å². The van der Waals surface area contributed by atoms with E-state index in [4.69, 9.17) is 0 Å². The molecular weight excluding hydrogens is 309 g/mol. The van der Waals surface area contributed by atoms with E-state index in [1.54, 1.807) is 23.1 Å². The predicted molar refractivity (Wildman–Crippen MR) is 76.2 cm³/mol. The van der Waals surface area contributed by atoms with Crippen LogP contribution < -0.4 is 4.72 Å². The first-order valence-corrected chi connectivity index (χ1v) is 7.68. The SMILES string of the molecule is O=C(NS(=O)(=O)c1ccc(F)cc1)c1ccn2cncc2c1. The molecule has 3 aromatic rings. The summed E-state index contributed by atoms with van der Waals surface area (Å²) in [5.41, 5.74) is 0.838. The van der Waals surface area contributed by atoms with Gasteiger partial charge < -0.3 is 4.40 Å². The molecule has 3 rings (SSSR count). The summed E-state index contributed by atoms with van der Waals surface area (Å²) in [7, 11) is -4.05. The number of carbonyl (C=O) groups is 1. The average Bonchev–Trinajstić information content (AvgIpc) is 2.94. The van der Waals surface area contributed by atoms with E-state index < -0.39 is 21.7 Å². The molecule has 0 aliphatic rings. The molecule has 0 radical (unpaired) electrons. The summed E-state index contributed by atoms with van der Waals surface area (Å²) < 4.78 is 40.6. The third-order valence-electron chi connectivity index (χ3n) is 3.03. The quantitative estimate of drug-likeness (QED) is 0.795. The van der Waals surface area contributed by atoms with Crippen molar-refractivity contribution in [1.29, 1.82) is 0 Å². The predicted octanol–water partition coefficient (Wildman–Crippen LogP) is 1.59. The van der Waals surface area contributed by atoms with Crippen molar-refractivity contribution in [1.82, 2.24) is 14.1 Å². The van der Waals surface area contributed by atoms with Gasteiger partial charge in [0.25, 0.3) is 15.9 Å². The summed E-state index contributed by atoms with van der Waals surface area (Å²) in [6.45, 7) is 0. The Kier molecular flexibility index (Phi) is 3.38. The van der Waals surface area contributed by atoms with Crippen LogP contribution in [0.2, 0.25) is 0 Å². The molecule has 0 aliphatic carbocycles. The fourth-order valence-corrected chi connectivity index (χ4v) is 2.89. The molecule has 0 atom stereocenters. The van der Waals surface area contributed by atoms with E-state index in [1.807, 2.05) is 4.72 Å². The topological polar surface area (TPSA) is 80.5 Å². The lowest BCUT2D eigenvalue weighted by Crippen LogP contribution is -2.30. The maximum Gasteiger partial charge on any atom is 0.265 e. The summed E-state index contributed by atoms with van der Waals surface area (Å²) >= 11 is 0. The molecule has 0 unspecified atom stereocenters. The third kappa shape index (κ3) is 2.68. The van der Waals surface area contributed by atoms with Crippen molar-refractivity contribution in [3.8, 4) is 0 Å². The van der Waals surface area contributed by atoms with Crippen molar-refractivity contribution in [2.45, 2.75) is 4.90 Å². The van der Waals surface area contributed by atoms with Gasteiger partial charge in [-0.25, -0.2) is 22.5 Å². The van der Waals surface area contributed by atoms with Crippen LogP contribution in [0.25, 0.3) is 5.52 Å². The number of pyridine rings is 1. The van der Waals surface area contributed by atoms with Crippen LogP contribution in [0, 0.1) is 5.82 Å². The smallest absolute Gasteiger partial charge is 0.265 e. The molecule has 0 spiro atoms. The summed E-state index contributed by atoms with van der Waals surface area (Å²) in [4.78, 5) is 15.8. The summed E-state index contributed by atoms with van der Waals surface area (Å²) in [6, 6.07) is 7.19. The summed E-state index contributed by atoms with van der Waals surface area (Å²) in [6.07, 6.45) is 4.71. The molecule has 22 heavy (non-hydrogen) atoms. The Morgan fingerprint density at radius 3 is 2.64 bits per heavy atom. The molecule has 0 aliphatic heterocycles. The number of fused-ring (bicyclic) bond motifs is 1. The van der Waals surface area contributed by atoms with Crippen LogP contribution in [0.5, 0.6) is 0 Å². The van der Waals surface area contributed by atoms with Crippen molar-refractivity contribution >= 4 is 21.4 Å². The lowest BCUT2D eigenvalue weighted by Gasteiger charge is -2.07. The van der Waals surface area contributed by atoms with Gasteiger partial charge in [-0.3, -0.25) is 4.79 Å². The second-order valence-electron chi connectivity index (χ2n) is 4.53. The van der Waals surface area contributed by atoms with Crippen LogP contribution in [-0.2, 0) is 10.0 Å². The number of hydrogen-bond acceptors (Lipinski definition) is 4. The van der Waals surface area contributed by atoms with Crippen LogP contribution >= 0.6 is 0 Å². The van der Waals surface area contributed by atoms with Gasteiger partial charge in [0, 0.05) is 11.8 Å². The molecule has 1 aromatic carbocycles. The summed E-state index contributed by atoms with van der Waals surface area (Å²) in [5.74, 6) is -1.33. The molecule has 2 heterocycles. The molecule has 0 fully saturated rings. The monoisotopic (exact) mass is 319 g/mol. The van der Waals surface area contributed by atoms with Gasteiger partial charge in [-0.15, -0.1) is 0 Å². The van der Waals surface area contributed by atoms with Gasteiger partial charge in [-0.1, -0.05) is 0 Å². The Hall–Kier alpha value is -2.74. The fraction of sp³-hybridized carbons (Fsp3) is 0. The van der Waals surface area contributed by atoms with Gasteiger partial charge in [-0.2, -0.15) is 0 Å². The normalized spacial score (nSPS) is 11.5. The Morgan fingerprint density at radius 2 is 1.91 bits per heavy atom. The van der Waals surface area contributed by atoms with Gasteiger partial charge in [0.2, 0.25) is 0 Å². The van der Waals surface area contributed by atoms with Gasteiger partial charge in [-0.05, 0) is 36.4 Å². The number of rotatable bonds is 3. The third-order valence-corrected chi connectivity index (χ3v) is 4.37. The van der Waals surface area contributed by atoms with Crippen molar-refractivity contribution in [3.05, 3.63) is 66.5 Å². The molecular formula is C14H10FN3O3S. The van der Waals surface area contributed by atoms with Crippen LogP contribution in [0.3, 0.4) is 0 Å². The number of nitrogens with one attached hydrogen (secondary N) is 1. The number of benzene rings is 1. The molecule has 1 amide bonds. The van der Waals surface area contributed by atoms with Crippen molar-refractivity contribution in [3.63, 3.8) is 0 Å². The molecule has 6 nitrogen and oxygen atoms in total. The molecule has 8 heteroatoms. The Morgan fingerprint density at radius 1 is 1.18 bits per heavy atom. The minimum atomic E-state index is -4.05. The highest BCUT2D eigenvalue weighted by molar-refractivity contribution is 7.90. The maximum atomic E-state index is 12.8. The minimum Gasteiger partial charge on any atom is -0.306 e. The lowest BCUT2D eigenvalue weighted by atomic mass is 10.2. The number of halogens is 1. The highest BCUT2D eigenvalue weighted by Gasteiger charge is 2.19. The van der Waals surface area contributed by atoms with Gasteiger partial charge in [0.15, 0.2) is 0 Å². The number of amides is 1. The van der Waals surface area contributed by atoms with Gasteiger partial charge >= 0.3 is 0 Å². The standard InChI is InChI=1S/C14H10FN3O3S/c15-11-1-3-13(4-2-11)22(20,21)17-14(19)10-5-6-18-9-16-8-12(18)7-10/h1-9H,(H,17,19). The number of aromatic nitrogens is 2. The molecule has 1 N–H and O–H groups in total. The van der Waals surface area contributed by atoms with E-state index in [9.17, 15) is 17.6 Å².